The topological polar surface area (TPSA) is 109 Å². The summed E-state index contributed by atoms with van der Waals surface area (Å²) in [6.07, 6.45) is 2.21. The Labute approximate surface area is 136 Å². The van der Waals surface area contributed by atoms with Crippen LogP contribution in [0, 0.1) is 0 Å². The van der Waals surface area contributed by atoms with Gasteiger partial charge in [0.1, 0.15) is 11.6 Å². The number of anilines is 1. The van der Waals surface area contributed by atoms with Crippen molar-refractivity contribution in [1.29, 1.82) is 0 Å². The van der Waals surface area contributed by atoms with Crippen LogP contribution in [0.25, 0.3) is 11.0 Å². The van der Waals surface area contributed by atoms with E-state index >= 15 is 0 Å². The molecule has 0 unspecified atom stereocenters. The van der Waals surface area contributed by atoms with Crippen LogP contribution in [0.1, 0.15) is 6.42 Å². The fourth-order valence-electron chi connectivity index (χ4n) is 1.97. The van der Waals surface area contributed by atoms with Crippen LogP contribution in [0.2, 0.25) is 0 Å². The molecule has 1 aromatic carbocycles. The second kappa shape index (κ2) is 7.68. The van der Waals surface area contributed by atoms with Gasteiger partial charge in [0, 0.05) is 17.1 Å². The lowest BCUT2D eigenvalue weighted by Gasteiger charge is -2.14. The van der Waals surface area contributed by atoms with Crippen molar-refractivity contribution in [3.63, 3.8) is 0 Å². The van der Waals surface area contributed by atoms with E-state index in [0.29, 0.717) is 28.8 Å². The van der Waals surface area contributed by atoms with Gasteiger partial charge in [0.05, 0.1) is 0 Å². The molecule has 0 aliphatic heterocycles. The van der Waals surface area contributed by atoms with Crippen molar-refractivity contribution in [2.24, 2.45) is 0 Å². The lowest BCUT2D eigenvalue weighted by Crippen LogP contribution is -2.43. The van der Waals surface area contributed by atoms with Crippen LogP contribution < -0.4 is 16.3 Å². The number of amides is 2. The van der Waals surface area contributed by atoms with Crippen molar-refractivity contribution in [2.75, 3.05) is 17.3 Å². The zero-order chi connectivity index (χ0) is 16.8. The number of hydrogen-bond acceptors (Lipinski definition) is 5. The highest BCUT2D eigenvalue weighted by Gasteiger charge is 2.19. The van der Waals surface area contributed by atoms with Gasteiger partial charge in [-0.3, -0.25) is 0 Å². The van der Waals surface area contributed by atoms with Crippen molar-refractivity contribution < 1.29 is 19.1 Å². The third-order valence-corrected chi connectivity index (χ3v) is 3.74. The molecule has 1 atom stereocenters. The number of aliphatic carboxylic acids is 1. The minimum atomic E-state index is -1.07. The SMILES string of the molecule is CSCC[C@H](NC(=O)Nc1ccc2oc(=O)ccc2c1)C(=O)O. The van der Waals surface area contributed by atoms with Crippen LogP contribution in [0.5, 0.6) is 0 Å². The second-order valence-electron chi connectivity index (χ2n) is 4.78. The number of urea groups is 1. The maximum atomic E-state index is 11.9. The molecule has 0 bridgehead atoms. The van der Waals surface area contributed by atoms with E-state index in [9.17, 15) is 14.4 Å². The van der Waals surface area contributed by atoms with Crippen LogP contribution in [0.15, 0.2) is 39.5 Å². The number of nitrogens with one attached hydrogen (secondary N) is 2. The first-order valence-electron chi connectivity index (χ1n) is 6.83. The fraction of sp³-hybridized carbons (Fsp3) is 0.267. The van der Waals surface area contributed by atoms with Crippen LogP contribution in [0.4, 0.5) is 10.5 Å². The highest BCUT2D eigenvalue weighted by atomic mass is 32.2. The van der Waals surface area contributed by atoms with Crippen molar-refractivity contribution >= 4 is 40.4 Å². The molecule has 2 aromatic rings. The number of carbonyl (C=O) groups excluding carboxylic acids is 1. The molecule has 0 saturated carbocycles. The molecule has 23 heavy (non-hydrogen) atoms. The van der Waals surface area contributed by atoms with E-state index in [1.807, 2.05) is 6.26 Å². The lowest BCUT2D eigenvalue weighted by molar-refractivity contribution is -0.139. The molecule has 1 aromatic heterocycles. The molecule has 3 N–H and O–H groups in total. The zero-order valence-corrected chi connectivity index (χ0v) is 13.2. The van der Waals surface area contributed by atoms with E-state index in [0.717, 1.165) is 0 Å². The largest absolute Gasteiger partial charge is 0.480 e. The summed E-state index contributed by atoms with van der Waals surface area (Å²) < 4.78 is 5.00. The summed E-state index contributed by atoms with van der Waals surface area (Å²) in [5, 5.41) is 14.7. The molecular weight excluding hydrogens is 320 g/mol. The second-order valence-corrected chi connectivity index (χ2v) is 5.76. The molecule has 0 radical (unpaired) electrons. The third-order valence-electron chi connectivity index (χ3n) is 3.09. The molecule has 2 rings (SSSR count). The highest BCUT2D eigenvalue weighted by Crippen LogP contribution is 2.17. The van der Waals surface area contributed by atoms with Crippen LogP contribution >= 0.6 is 11.8 Å². The molecule has 0 spiro atoms. The van der Waals surface area contributed by atoms with Crippen molar-refractivity contribution in [2.45, 2.75) is 12.5 Å². The summed E-state index contributed by atoms with van der Waals surface area (Å²) in [7, 11) is 0. The summed E-state index contributed by atoms with van der Waals surface area (Å²) in [4.78, 5) is 34.1. The van der Waals surface area contributed by atoms with Gasteiger partial charge in [0.15, 0.2) is 0 Å². The molecule has 7 nitrogen and oxygen atoms in total. The number of carboxylic acid groups (broad SMARTS) is 1. The quantitative estimate of drug-likeness (QED) is 0.697. The Kier molecular flexibility index (Phi) is 5.64. The van der Waals surface area contributed by atoms with Gasteiger partial charge in [0.2, 0.25) is 0 Å². The highest BCUT2D eigenvalue weighted by molar-refractivity contribution is 7.98. The molecule has 8 heteroatoms. The smallest absolute Gasteiger partial charge is 0.336 e. The Balaban J connectivity index is 2.05. The number of hydrogen-bond donors (Lipinski definition) is 3. The Morgan fingerprint density at radius 2 is 2.09 bits per heavy atom. The molecule has 1 heterocycles. The van der Waals surface area contributed by atoms with E-state index in [2.05, 4.69) is 10.6 Å². The molecule has 0 aliphatic rings. The normalized spacial score (nSPS) is 11.9. The maximum absolute atomic E-state index is 11.9. The Hall–Kier alpha value is -2.48. The van der Waals surface area contributed by atoms with Gasteiger partial charge in [-0.25, -0.2) is 14.4 Å². The first-order valence-corrected chi connectivity index (χ1v) is 8.22. The van der Waals surface area contributed by atoms with Gasteiger partial charge in [-0.1, -0.05) is 0 Å². The van der Waals surface area contributed by atoms with Crippen molar-refractivity contribution in [3.05, 3.63) is 40.8 Å². The first kappa shape index (κ1) is 16.9. The number of thioether (sulfide) groups is 1. The predicted octanol–water partition coefficient (Wildman–Crippen LogP) is 2.12. The minimum absolute atomic E-state index is 0.340. The van der Waals surface area contributed by atoms with E-state index < -0.39 is 23.7 Å². The van der Waals surface area contributed by atoms with Crippen molar-refractivity contribution in [3.8, 4) is 0 Å². The van der Waals surface area contributed by atoms with E-state index in [-0.39, 0.29) is 0 Å². The van der Waals surface area contributed by atoms with Gasteiger partial charge in [-0.05, 0) is 42.7 Å². The number of carbonyl (C=O) groups is 2. The number of benzene rings is 1. The summed E-state index contributed by atoms with van der Waals surface area (Å²) in [5.41, 5.74) is 0.429. The standard InChI is InChI=1S/C15H16N2O5S/c1-23-7-6-11(14(19)20)17-15(21)16-10-3-4-12-9(8-10)2-5-13(18)22-12/h2-5,8,11H,6-7H2,1H3,(H,19,20)(H2,16,17,21)/t11-/m0/s1. The van der Waals surface area contributed by atoms with Gasteiger partial charge < -0.3 is 20.2 Å². The summed E-state index contributed by atoms with van der Waals surface area (Å²) in [5.74, 6) is -0.443. The van der Waals surface area contributed by atoms with Crippen LogP contribution in [-0.4, -0.2) is 35.2 Å². The summed E-state index contributed by atoms with van der Waals surface area (Å²) >= 11 is 1.51. The van der Waals surface area contributed by atoms with Gasteiger partial charge in [0.25, 0.3) is 0 Å². The Bertz CT molecular complexity index is 774. The minimum Gasteiger partial charge on any atom is -0.480 e. The third kappa shape index (κ3) is 4.75. The maximum Gasteiger partial charge on any atom is 0.336 e. The first-order chi connectivity index (χ1) is 11.0. The van der Waals surface area contributed by atoms with Crippen LogP contribution in [0.3, 0.4) is 0 Å². The number of rotatable bonds is 6. The molecule has 122 valence electrons. The van der Waals surface area contributed by atoms with E-state index in [4.69, 9.17) is 9.52 Å². The van der Waals surface area contributed by atoms with Crippen LogP contribution in [-0.2, 0) is 4.79 Å². The monoisotopic (exact) mass is 336 g/mol. The number of fused-ring (bicyclic) bond motifs is 1. The Morgan fingerprint density at radius 3 is 2.78 bits per heavy atom. The molecule has 0 aliphatic carbocycles. The molecular formula is C15H16N2O5S. The zero-order valence-electron chi connectivity index (χ0n) is 12.4. The van der Waals surface area contributed by atoms with Gasteiger partial charge in [-0.15, -0.1) is 0 Å². The Morgan fingerprint density at radius 1 is 1.30 bits per heavy atom. The molecule has 0 fully saturated rings. The van der Waals surface area contributed by atoms with Crippen molar-refractivity contribution in [1.82, 2.24) is 5.32 Å². The molecule has 2 amide bonds. The predicted molar refractivity (Wildman–Crippen MR) is 89.1 cm³/mol. The van der Waals surface area contributed by atoms with E-state index in [1.54, 1.807) is 24.3 Å². The summed E-state index contributed by atoms with van der Waals surface area (Å²) in [6.45, 7) is 0. The average Bonchev–Trinajstić information content (AvgIpc) is 2.51. The van der Waals surface area contributed by atoms with E-state index in [1.165, 1.54) is 17.8 Å². The number of carboxylic acids is 1. The molecule has 0 saturated heterocycles. The fourth-order valence-corrected chi connectivity index (χ4v) is 2.44. The summed E-state index contributed by atoms with van der Waals surface area (Å²) in [6, 6.07) is 6.10. The average molecular weight is 336 g/mol. The lowest BCUT2D eigenvalue weighted by atomic mass is 10.2. The van der Waals surface area contributed by atoms with Gasteiger partial charge >= 0.3 is 17.6 Å². The van der Waals surface area contributed by atoms with Gasteiger partial charge in [-0.2, -0.15) is 11.8 Å².